The zero-order chi connectivity index (χ0) is 12.6. The summed E-state index contributed by atoms with van der Waals surface area (Å²) in [6.07, 6.45) is 4.00. The van der Waals surface area contributed by atoms with Crippen LogP contribution in [0.5, 0.6) is 0 Å². The van der Waals surface area contributed by atoms with Crippen molar-refractivity contribution in [2.45, 2.75) is 53.0 Å². The van der Waals surface area contributed by atoms with E-state index in [-0.39, 0.29) is 6.04 Å². The lowest BCUT2D eigenvalue weighted by molar-refractivity contribution is 0.350. The van der Waals surface area contributed by atoms with E-state index >= 15 is 0 Å². The van der Waals surface area contributed by atoms with Crippen molar-refractivity contribution in [3.63, 3.8) is 0 Å². The minimum absolute atomic E-state index is 0.229. The van der Waals surface area contributed by atoms with Gasteiger partial charge in [0, 0.05) is 6.04 Å². The van der Waals surface area contributed by atoms with Crippen molar-refractivity contribution in [3.8, 4) is 0 Å². The van der Waals surface area contributed by atoms with Crippen LogP contribution >= 0.6 is 0 Å². The second kappa shape index (κ2) is 4.81. The van der Waals surface area contributed by atoms with Gasteiger partial charge in [-0.1, -0.05) is 31.9 Å². The lowest BCUT2D eigenvalue weighted by atomic mass is 9.84. The van der Waals surface area contributed by atoms with Gasteiger partial charge in [-0.25, -0.2) is 0 Å². The summed E-state index contributed by atoms with van der Waals surface area (Å²) in [5.74, 6) is 1.46. The van der Waals surface area contributed by atoms with E-state index in [1.165, 1.54) is 41.5 Å². The molecule has 1 heteroatoms. The molecule has 2 N–H and O–H groups in total. The zero-order valence-electron chi connectivity index (χ0n) is 11.6. The highest BCUT2D eigenvalue weighted by Gasteiger charge is 2.30. The molecule has 0 heterocycles. The van der Waals surface area contributed by atoms with Crippen LogP contribution in [0.1, 0.15) is 54.5 Å². The summed E-state index contributed by atoms with van der Waals surface area (Å²) < 4.78 is 0. The van der Waals surface area contributed by atoms with Crippen LogP contribution in [-0.2, 0) is 0 Å². The Bertz CT molecular complexity index is 408. The highest BCUT2D eigenvalue weighted by molar-refractivity contribution is 5.38. The molecule has 1 aliphatic rings. The van der Waals surface area contributed by atoms with Crippen LogP contribution in [0.2, 0.25) is 0 Å². The van der Waals surface area contributed by atoms with Gasteiger partial charge in [0.25, 0.3) is 0 Å². The quantitative estimate of drug-likeness (QED) is 0.816. The molecule has 1 aromatic carbocycles. The first-order chi connectivity index (χ1) is 8.00. The average molecular weight is 231 g/mol. The number of rotatable bonds is 2. The summed E-state index contributed by atoms with van der Waals surface area (Å²) in [6.45, 7) is 8.91. The van der Waals surface area contributed by atoms with E-state index in [1.807, 2.05) is 0 Å². The molecular formula is C16H25N. The first kappa shape index (κ1) is 12.6. The molecule has 0 aromatic heterocycles. The number of benzene rings is 1. The molecular weight excluding hydrogens is 206 g/mol. The molecule has 1 saturated carbocycles. The van der Waals surface area contributed by atoms with Crippen LogP contribution in [0.15, 0.2) is 12.1 Å². The van der Waals surface area contributed by atoms with Gasteiger partial charge in [-0.3, -0.25) is 0 Å². The minimum atomic E-state index is 0.229. The Hall–Kier alpha value is -0.820. The largest absolute Gasteiger partial charge is 0.324 e. The molecule has 1 aromatic rings. The Kier molecular flexibility index (Phi) is 3.58. The minimum Gasteiger partial charge on any atom is -0.324 e. The molecule has 94 valence electrons. The third-order valence-corrected chi connectivity index (χ3v) is 4.63. The van der Waals surface area contributed by atoms with E-state index in [2.05, 4.69) is 39.8 Å². The van der Waals surface area contributed by atoms with Gasteiger partial charge >= 0.3 is 0 Å². The molecule has 0 aliphatic heterocycles. The number of aryl methyl sites for hydroxylation is 3. The molecule has 0 radical (unpaired) electrons. The number of hydrogen-bond acceptors (Lipinski definition) is 1. The van der Waals surface area contributed by atoms with E-state index < -0.39 is 0 Å². The maximum Gasteiger partial charge on any atom is 0.0328 e. The standard InChI is InChI=1S/C16H25N/c1-10-6-5-7-14(10)16(17)15-9-12(3)11(2)8-13(15)4/h8-10,14,16H,5-7,17H2,1-4H3. The van der Waals surface area contributed by atoms with Gasteiger partial charge in [0.1, 0.15) is 0 Å². The van der Waals surface area contributed by atoms with Crippen LogP contribution in [0, 0.1) is 32.6 Å². The Labute approximate surface area is 105 Å². The normalized spacial score (nSPS) is 26.2. The second-order valence-corrected chi connectivity index (χ2v) is 5.89. The van der Waals surface area contributed by atoms with E-state index in [0.29, 0.717) is 5.92 Å². The summed E-state index contributed by atoms with van der Waals surface area (Å²) >= 11 is 0. The highest BCUT2D eigenvalue weighted by Crippen LogP contribution is 2.39. The number of nitrogens with two attached hydrogens (primary N) is 1. The van der Waals surface area contributed by atoms with Crippen LogP contribution in [-0.4, -0.2) is 0 Å². The fourth-order valence-corrected chi connectivity index (χ4v) is 3.28. The summed E-state index contributed by atoms with van der Waals surface area (Å²) in [5, 5.41) is 0. The fourth-order valence-electron chi connectivity index (χ4n) is 3.28. The van der Waals surface area contributed by atoms with E-state index in [1.54, 1.807) is 0 Å². The van der Waals surface area contributed by atoms with Gasteiger partial charge < -0.3 is 5.73 Å². The molecule has 1 aliphatic carbocycles. The Morgan fingerprint density at radius 1 is 1.06 bits per heavy atom. The smallest absolute Gasteiger partial charge is 0.0328 e. The van der Waals surface area contributed by atoms with Crippen molar-refractivity contribution in [1.29, 1.82) is 0 Å². The van der Waals surface area contributed by atoms with E-state index in [4.69, 9.17) is 5.73 Å². The van der Waals surface area contributed by atoms with Crippen molar-refractivity contribution in [1.82, 2.24) is 0 Å². The Balaban J connectivity index is 2.30. The summed E-state index contributed by atoms with van der Waals surface area (Å²) in [6, 6.07) is 4.82. The first-order valence-electron chi connectivity index (χ1n) is 6.84. The van der Waals surface area contributed by atoms with Crippen molar-refractivity contribution in [2.75, 3.05) is 0 Å². The monoisotopic (exact) mass is 231 g/mol. The predicted octanol–water partition coefficient (Wildman–Crippen LogP) is 4.05. The van der Waals surface area contributed by atoms with Gasteiger partial charge in [-0.05, 0) is 61.3 Å². The summed E-state index contributed by atoms with van der Waals surface area (Å²) in [5.41, 5.74) is 12.0. The Morgan fingerprint density at radius 3 is 2.29 bits per heavy atom. The maximum atomic E-state index is 6.51. The maximum absolute atomic E-state index is 6.51. The SMILES string of the molecule is Cc1cc(C)c(C(N)C2CCCC2C)cc1C. The van der Waals surface area contributed by atoms with Crippen molar-refractivity contribution in [3.05, 3.63) is 34.4 Å². The molecule has 17 heavy (non-hydrogen) atoms. The van der Waals surface area contributed by atoms with Crippen molar-refractivity contribution >= 4 is 0 Å². The molecule has 3 unspecified atom stereocenters. The van der Waals surface area contributed by atoms with Gasteiger partial charge in [0.05, 0.1) is 0 Å². The van der Waals surface area contributed by atoms with Crippen LogP contribution in [0.25, 0.3) is 0 Å². The molecule has 3 atom stereocenters. The summed E-state index contributed by atoms with van der Waals surface area (Å²) in [4.78, 5) is 0. The molecule has 0 spiro atoms. The zero-order valence-corrected chi connectivity index (χ0v) is 11.6. The second-order valence-electron chi connectivity index (χ2n) is 5.89. The highest BCUT2D eigenvalue weighted by atomic mass is 14.7. The van der Waals surface area contributed by atoms with Crippen molar-refractivity contribution in [2.24, 2.45) is 17.6 Å². The average Bonchev–Trinajstić information content (AvgIpc) is 2.69. The topological polar surface area (TPSA) is 26.0 Å². The third kappa shape index (κ3) is 2.40. The number of hydrogen-bond donors (Lipinski definition) is 1. The molecule has 1 fully saturated rings. The third-order valence-electron chi connectivity index (χ3n) is 4.63. The lowest BCUT2D eigenvalue weighted by Gasteiger charge is -2.25. The predicted molar refractivity (Wildman–Crippen MR) is 74.1 cm³/mol. The first-order valence-corrected chi connectivity index (χ1v) is 6.84. The van der Waals surface area contributed by atoms with E-state index in [9.17, 15) is 0 Å². The molecule has 0 bridgehead atoms. The molecule has 2 rings (SSSR count). The molecule has 1 nitrogen and oxygen atoms in total. The molecule has 0 saturated heterocycles. The van der Waals surface area contributed by atoms with Crippen LogP contribution in [0.4, 0.5) is 0 Å². The van der Waals surface area contributed by atoms with Gasteiger partial charge in [-0.15, -0.1) is 0 Å². The van der Waals surface area contributed by atoms with Crippen LogP contribution < -0.4 is 5.73 Å². The summed E-state index contributed by atoms with van der Waals surface area (Å²) in [7, 11) is 0. The molecule has 0 amide bonds. The van der Waals surface area contributed by atoms with Crippen LogP contribution in [0.3, 0.4) is 0 Å². The van der Waals surface area contributed by atoms with Gasteiger partial charge in [0.2, 0.25) is 0 Å². The van der Waals surface area contributed by atoms with Crippen molar-refractivity contribution < 1.29 is 0 Å². The van der Waals surface area contributed by atoms with Gasteiger partial charge in [0.15, 0.2) is 0 Å². The lowest BCUT2D eigenvalue weighted by Crippen LogP contribution is -2.24. The van der Waals surface area contributed by atoms with Gasteiger partial charge in [-0.2, -0.15) is 0 Å². The fraction of sp³-hybridized carbons (Fsp3) is 0.625. The Morgan fingerprint density at radius 2 is 1.71 bits per heavy atom. The van der Waals surface area contributed by atoms with E-state index in [0.717, 1.165) is 5.92 Å².